The van der Waals surface area contributed by atoms with Gasteiger partial charge in [0.2, 0.25) is 5.88 Å². The summed E-state index contributed by atoms with van der Waals surface area (Å²) in [7, 11) is 1.62. The molecule has 4 heteroatoms. The average Bonchev–Trinajstić information content (AvgIpc) is 2.52. The minimum atomic E-state index is 0.648. The molecule has 0 bridgehead atoms. The highest BCUT2D eigenvalue weighted by Gasteiger charge is 2.03. The van der Waals surface area contributed by atoms with E-state index in [0.29, 0.717) is 5.88 Å². The molecule has 62 valence electrons. The van der Waals surface area contributed by atoms with Crippen LogP contribution in [0.4, 0.5) is 0 Å². The zero-order chi connectivity index (χ0) is 8.55. The maximum atomic E-state index is 5.04. The lowest BCUT2D eigenvalue weighted by atomic mass is 10.3. The summed E-state index contributed by atoms with van der Waals surface area (Å²) in [6.07, 6.45) is 1.87. The molecule has 0 unspecified atom stereocenters. The van der Waals surface area contributed by atoms with Crippen LogP contribution in [-0.4, -0.2) is 17.1 Å². The standard InChI is InChI=1S/C8H7IN2O/c1-12-7-4-6(9)5-2-3-10-8(5)11-7/h2-4H,1H3,(H,10,11). The Balaban J connectivity index is 2.75. The molecule has 0 aromatic carbocycles. The van der Waals surface area contributed by atoms with Crippen LogP contribution in [0.15, 0.2) is 18.3 Å². The highest BCUT2D eigenvalue weighted by Crippen LogP contribution is 2.21. The van der Waals surface area contributed by atoms with Gasteiger partial charge >= 0.3 is 0 Å². The van der Waals surface area contributed by atoms with Gasteiger partial charge in [0.1, 0.15) is 5.65 Å². The first kappa shape index (κ1) is 7.85. The van der Waals surface area contributed by atoms with Crippen LogP contribution >= 0.6 is 22.6 Å². The van der Waals surface area contributed by atoms with Crippen LogP contribution in [-0.2, 0) is 0 Å². The van der Waals surface area contributed by atoms with Gasteiger partial charge in [0.25, 0.3) is 0 Å². The molecule has 0 saturated heterocycles. The normalized spacial score (nSPS) is 10.5. The predicted molar refractivity (Wildman–Crippen MR) is 55.4 cm³/mol. The first-order chi connectivity index (χ1) is 5.81. The van der Waals surface area contributed by atoms with Gasteiger partial charge in [0.05, 0.1) is 7.11 Å². The van der Waals surface area contributed by atoms with Crippen LogP contribution in [0, 0.1) is 3.57 Å². The van der Waals surface area contributed by atoms with Gasteiger partial charge in [-0.3, -0.25) is 0 Å². The Morgan fingerprint density at radius 3 is 3.17 bits per heavy atom. The van der Waals surface area contributed by atoms with Crippen molar-refractivity contribution < 1.29 is 4.74 Å². The van der Waals surface area contributed by atoms with Crippen molar-refractivity contribution in [3.63, 3.8) is 0 Å². The maximum Gasteiger partial charge on any atom is 0.216 e. The third kappa shape index (κ3) is 1.16. The molecule has 2 heterocycles. The second kappa shape index (κ2) is 2.93. The molecular formula is C8H7IN2O. The van der Waals surface area contributed by atoms with Gasteiger partial charge in [0.15, 0.2) is 0 Å². The van der Waals surface area contributed by atoms with E-state index < -0.39 is 0 Å². The van der Waals surface area contributed by atoms with Crippen LogP contribution < -0.4 is 4.74 Å². The topological polar surface area (TPSA) is 37.9 Å². The molecule has 0 aliphatic carbocycles. The lowest BCUT2D eigenvalue weighted by Crippen LogP contribution is -1.88. The fraction of sp³-hybridized carbons (Fsp3) is 0.125. The van der Waals surface area contributed by atoms with Gasteiger partial charge in [-0.25, -0.2) is 0 Å². The van der Waals surface area contributed by atoms with Crippen molar-refractivity contribution in [2.45, 2.75) is 0 Å². The Kier molecular flexibility index (Phi) is 1.92. The first-order valence-corrected chi connectivity index (χ1v) is 4.57. The average molecular weight is 274 g/mol. The lowest BCUT2D eigenvalue weighted by molar-refractivity contribution is 0.399. The molecule has 0 amide bonds. The summed E-state index contributed by atoms with van der Waals surface area (Å²) in [5.74, 6) is 0.648. The van der Waals surface area contributed by atoms with Gasteiger partial charge in [-0.2, -0.15) is 4.98 Å². The number of H-pyrrole nitrogens is 1. The number of aromatic amines is 1. The number of fused-ring (bicyclic) bond motifs is 1. The highest BCUT2D eigenvalue weighted by atomic mass is 127. The molecule has 2 rings (SSSR count). The van der Waals surface area contributed by atoms with Crippen molar-refractivity contribution in [3.05, 3.63) is 21.9 Å². The van der Waals surface area contributed by atoms with Crippen LogP contribution in [0.2, 0.25) is 0 Å². The molecule has 2 aromatic rings. The van der Waals surface area contributed by atoms with Gasteiger partial charge < -0.3 is 9.72 Å². The van der Waals surface area contributed by atoms with E-state index in [4.69, 9.17) is 4.74 Å². The second-order valence-corrected chi connectivity index (χ2v) is 3.55. The third-order valence-electron chi connectivity index (χ3n) is 1.66. The molecule has 3 nitrogen and oxygen atoms in total. The van der Waals surface area contributed by atoms with E-state index in [1.807, 2.05) is 18.3 Å². The van der Waals surface area contributed by atoms with E-state index in [1.165, 1.54) is 0 Å². The zero-order valence-electron chi connectivity index (χ0n) is 6.47. The summed E-state index contributed by atoms with van der Waals surface area (Å²) in [6, 6.07) is 3.92. The van der Waals surface area contributed by atoms with E-state index in [0.717, 1.165) is 14.6 Å². The number of hydrogen-bond donors (Lipinski definition) is 1. The fourth-order valence-corrected chi connectivity index (χ4v) is 1.78. The van der Waals surface area contributed by atoms with E-state index in [1.54, 1.807) is 7.11 Å². The number of aromatic nitrogens is 2. The van der Waals surface area contributed by atoms with Crippen molar-refractivity contribution in [1.82, 2.24) is 9.97 Å². The summed E-state index contributed by atoms with van der Waals surface area (Å²) >= 11 is 2.26. The van der Waals surface area contributed by atoms with E-state index >= 15 is 0 Å². The van der Waals surface area contributed by atoms with Crippen molar-refractivity contribution in [2.24, 2.45) is 0 Å². The molecule has 0 aliphatic rings. The van der Waals surface area contributed by atoms with Crippen LogP contribution in [0.1, 0.15) is 0 Å². The number of ether oxygens (including phenoxy) is 1. The fourth-order valence-electron chi connectivity index (χ4n) is 1.08. The van der Waals surface area contributed by atoms with Gasteiger partial charge in [-0.05, 0) is 28.7 Å². The van der Waals surface area contributed by atoms with Gasteiger partial charge in [-0.15, -0.1) is 0 Å². The number of methoxy groups -OCH3 is 1. The quantitative estimate of drug-likeness (QED) is 0.809. The van der Waals surface area contributed by atoms with Crippen molar-refractivity contribution in [1.29, 1.82) is 0 Å². The number of nitrogens with one attached hydrogen (secondary N) is 1. The molecule has 1 N–H and O–H groups in total. The largest absolute Gasteiger partial charge is 0.481 e. The van der Waals surface area contributed by atoms with Crippen molar-refractivity contribution in [3.8, 4) is 5.88 Å². The molecule has 12 heavy (non-hydrogen) atoms. The van der Waals surface area contributed by atoms with Crippen LogP contribution in [0.5, 0.6) is 5.88 Å². The summed E-state index contributed by atoms with van der Waals surface area (Å²) in [6.45, 7) is 0. The maximum absolute atomic E-state index is 5.04. The highest BCUT2D eigenvalue weighted by molar-refractivity contribution is 14.1. The number of nitrogens with zero attached hydrogens (tertiary/aromatic N) is 1. The zero-order valence-corrected chi connectivity index (χ0v) is 8.62. The summed E-state index contributed by atoms with van der Waals surface area (Å²) < 4.78 is 6.19. The van der Waals surface area contributed by atoms with Crippen molar-refractivity contribution in [2.75, 3.05) is 7.11 Å². The monoisotopic (exact) mass is 274 g/mol. The smallest absolute Gasteiger partial charge is 0.216 e. The molecule has 0 fully saturated rings. The minimum Gasteiger partial charge on any atom is -0.481 e. The van der Waals surface area contributed by atoms with Crippen LogP contribution in [0.3, 0.4) is 0 Å². The van der Waals surface area contributed by atoms with Gasteiger partial charge in [0, 0.05) is 21.2 Å². The van der Waals surface area contributed by atoms with E-state index in [-0.39, 0.29) is 0 Å². The Labute approximate surface area is 83.3 Å². The molecule has 0 aliphatic heterocycles. The van der Waals surface area contributed by atoms with E-state index in [9.17, 15) is 0 Å². The second-order valence-electron chi connectivity index (χ2n) is 2.39. The van der Waals surface area contributed by atoms with Gasteiger partial charge in [-0.1, -0.05) is 0 Å². The molecule has 0 spiro atoms. The van der Waals surface area contributed by atoms with Crippen molar-refractivity contribution >= 4 is 33.6 Å². The summed E-state index contributed by atoms with van der Waals surface area (Å²) in [4.78, 5) is 7.27. The minimum absolute atomic E-state index is 0.648. The number of rotatable bonds is 1. The molecule has 0 atom stereocenters. The van der Waals surface area contributed by atoms with E-state index in [2.05, 4.69) is 32.6 Å². The molecule has 0 radical (unpaired) electrons. The Morgan fingerprint density at radius 2 is 2.42 bits per heavy atom. The Hall–Kier alpha value is -0.780. The number of pyridine rings is 1. The lowest BCUT2D eigenvalue weighted by Gasteiger charge is -1.99. The van der Waals surface area contributed by atoms with Crippen LogP contribution in [0.25, 0.3) is 11.0 Å². The third-order valence-corrected chi connectivity index (χ3v) is 2.56. The number of halogens is 1. The first-order valence-electron chi connectivity index (χ1n) is 3.49. The summed E-state index contributed by atoms with van der Waals surface area (Å²) in [5, 5.41) is 1.14. The SMILES string of the molecule is COc1cc(I)c2cc[nH]c2n1. The number of hydrogen-bond acceptors (Lipinski definition) is 2. The Bertz CT molecular complexity index is 410. The Morgan fingerprint density at radius 1 is 1.58 bits per heavy atom. The molecule has 0 saturated carbocycles. The predicted octanol–water partition coefficient (Wildman–Crippen LogP) is 2.18. The summed E-state index contributed by atoms with van der Waals surface area (Å²) in [5.41, 5.74) is 0.874. The molecule has 2 aromatic heterocycles. The molecular weight excluding hydrogens is 267 g/mol.